The SMILES string of the molecule is Cc1cc(C)c(C#N)c(NCc2sccc2C)n1. The Bertz CT molecular complexity index is 608. The van der Waals surface area contributed by atoms with E-state index in [9.17, 15) is 5.26 Å². The van der Waals surface area contributed by atoms with Gasteiger partial charge >= 0.3 is 0 Å². The summed E-state index contributed by atoms with van der Waals surface area (Å²) in [4.78, 5) is 5.68. The highest BCUT2D eigenvalue weighted by Crippen LogP contribution is 2.21. The molecule has 2 aromatic heterocycles. The second-order valence-corrected chi connectivity index (χ2v) is 5.30. The Labute approximate surface area is 111 Å². The molecule has 0 spiro atoms. The van der Waals surface area contributed by atoms with Crippen LogP contribution in [0.3, 0.4) is 0 Å². The molecule has 0 saturated heterocycles. The van der Waals surface area contributed by atoms with E-state index in [0.29, 0.717) is 17.9 Å². The third-order valence-electron chi connectivity index (χ3n) is 2.84. The van der Waals surface area contributed by atoms with E-state index in [0.717, 1.165) is 11.3 Å². The number of aryl methyl sites for hydroxylation is 3. The Hall–Kier alpha value is -1.86. The van der Waals surface area contributed by atoms with Crippen LogP contribution in [0.4, 0.5) is 5.82 Å². The summed E-state index contributed by atoms with van der Waals surface area (Å²) in [5.41, 5.74) is 3.80. The largest absolute Gasteiger partial charge is 0.364 e. The van der Waals surface area contributed by atoms with Crippen LogP contribution in [-0.4, -0.2) is 4.98 Å². The minimum absolute atomic E-state index is 0.634. The molecule has 0 unspecified atom stereocenters. The third kappa shape index (κ3) is 2.52. The van der Waals surface area contributed by atoms with E-state index in [1.54, 1.807) is 11.3 Å². The zero-order valence-corrected chi connectivity index (χ0v) is 11.6. The van der Waals surface area contributed by atoms with Crippen LogP contribution in [0.5, 0.6) is 0 Å². The summed E-state index contributed by atoms with van der Waals surface area (Å²) in [7, 11) is 0. The zero-order chi connectivity index (χ0) is 13.1. The van der Waals surface area contributed by atoms with Crippen molar-refractivity contribution in [3.63, 3.8) is 0 Å². The van der Waals surface area contributed by atoms with Gasteiger partial charge in [0.1, 0.15) is 11.9 Å². The normalized spacial score (nSPS) is 10.1. The highest BCUT2D eigenvalue weighted by atomic mass is 32.1. The van der Waals surface area contributed by atoms with E-state index in [-0.39, 0.29) is 0 Å². The summed E-state index contributed by atoms with van der Waals surface area (Å²) in [6.45, 7) is 6.69. The Morgan fingerprint density at radius 3 is 2.72 bits per heavy atom. The number of nitriles is 1. The van der Waals surface area contributed by atoms with Gasteiger partial charge in [0.25, 0.3) is 0 Å². The lowest BCUT2D eigenvalue weighted by atomic mass is 10.1. The molecule has 0 fully saturated rings. The Morgan fingerprint density at radius 2 is 2.11 bits per heavy atom. The number of aromatic nitrogens is 1. The van der Waals surface area contributed by atoms with E-state index >= 15 is 0 Å². The summed E-state index contributed by atoms with van der Waals surface area (Å²) in [5.74, 6) is 0.683. The first-order valence-corrected chi connectivity index (χ1v) is 6.65. The van der Waals surface area contributed by atoms with Crippen LogP contribution < -0.4 is 5.32 Å². The smallest absolute Gasteiger partial charge is 0.144 e. The summed E-state index contributed by atoms with van der Waals surface area (Å²) in [6.07, 6.45) is 0. The lowest BCUT2D eigenvalue weighted by Crippen LogP contribution is -2.05. The predicted molar refractivity (Wildman–Crippen MR) is 74.8 cm³/mol. The molecule has 0 bridgehead atoms. The average molecular weight is 257 g/mol. The van der Waals surface area contributed by atoms with Gasteiger partial charge in [-0.2, -0.15) is 5.26 Å². The molecule has 1 N–H and O–H groups in total. The Balaban J connectivity index is 2.24. The van der Waals surface area contributed by atoms with Crippen molar-refractivity contribution < 1.29 is 0 Å². The maximum Gasteiger partial charge on any atom is 0.144 e. The molecule has 2 rings (SSSR count). The Kier molecular flexibility index (Phi) is 3.63. The minimum Gasteiger partial charge on any atom is -0.364 e. The number of nitrogens with zero attached hydrogens (tertiary/aromatic N) is 2. The molecular formula is C14H15N3S. The third-order valence-corrected chi connectivity index (χ3v) is 3.86. The fourth-order valence-electron chi connectivity index (χ4n) is 1.86. The van der Waals surface area contributed by atoms with Crippen molar-refractivity contribution in [1.29, 1.82) is 5.26 Å². The van der Waals surface area contributed by atoms with Gasteiger partial charge in [-0.25, -0.2) is 4.98 Å². The van der Waals surface area contributed by atoms with Gasteiger partial charge in [0.05, 0.1) is 12.1 Å². The van der Waals surface area contributed by atoms with Gasteiger partial charge in [-0.15, -0.1) is 11.3 Å². The molecule has 0 saturated carbocycles. The number of rotatable bonds is 3. The van der Waals surface area contributed by atoms with E-state index in [4.69, 9.17) is 0 Å². The summed E-state index contributed by atoms with van der Waals surface area (Å²) < 4.78 is 0. The molecule has 0 aromatic carbocycles. The molecule has 92 valence electrons. The van der Waals surface area contributed by atoms with Gasteiger partial charge in [-0.1, -0.05) is 0 Å². The lowest BCUT2D eigenvalue weighted by molar-refractivity contribution is 1.08. The van der Waals surface area contributed by atoms with Crippen molar-refractivity contribution in [3.8, 4) is 6.07 Å². The van der Waals surface area contributed by atoms with Gasteiger partial charge in [0, 0.05) is 10.6 Å². The molecular weight excluding hydrogens is 242 g/mol. The first kappa shape index (κ1) is 12.6. The molecule has 18 heavy (non-hydrogen) atoms. The van der Waals surface area contributed by atoms with Crippen molar-refractivity contribution in [2.24, 2.45) is 0 Å². The molecule has 0 aliphatic heterocycles. The molecule has 0 radical (unpaired) electrons. The van der Waals surface area contributed by atoms with Crippen LogP contribution in [0.15, 0.2) is 17.5 Å². The van der Waals surface area contributed by atoms with Crippen LogP contribution in [0, 0.1) is 32.1 Å². The number of pyridine rings is 1. The van der Waals surface area contributed by atoms with E-state index < -0.39 is 0 Å². The number of hydrogen-bond acceptors (Lipinski definition) is 4. The van der Waals surface area contributed by atoms with Crippen LogP contribution in [-0.2, 0) is 6.54 Å². The van der Waals surface area contributed by atoms with Crippen LogP contribution >= 0.6 is 11.3 Å². The summed E-state index contributed by atoms with van der Waals surface area (Å²) in [6, 6.07) is 6.24. The maximum absolute atomic E-state index is 9.17. The van der Waals surface area contributed by atoms with E-state index in [2.05, 4.69) is 34.7 Å². The monoisotopic (exact) mass is 257 g/mol. The van der Waals surface area contributed by atoms with Gasteiger partial charge in [-0.3, -0.25) is 0 Å². The first-order chi connectivity index (χ1) is 8.61. The quantitative estimate of drug-likeness (QED) is 0.914. The second-order valence-electron chi connectivity index (χ2n) is 4.30. The first-order valence-electron chi connectivity index (χ1n) is 5.77. The fraction of sp³-hybridized carbons (Fsp3) is 0.286. The van der Waals surface area contributed by atoms with Gasteiger partial charge in [-0.05, 0) is 49.4 Å². The predicted octanol–water partition coefficient (Wildman–Crippen LogP) is 3.55. The number of anilines is 1. The molecule has 0 aliphatic rings. The highest BCUT2D eigenvalue weighted by Gasteiger charge is 2.08. The van der Waals surface area contributed by atoms with Crippen molar-refractivity contribution in [1.82, 2.24) is 4.98 Å². The van der Waals surface area contributed by atoms with Crippen molar-refractivity contribution in [2.75, 3.05) is 5.32 Å². The number of hydrogen-bond donors (Lipinski definition) is 1. The molecule has 2 heterocycles. The minimum atomic E-state index is 0.634. The molecule has 0 aliphatic carbocycles. The lowest BCUT2D eigenvalue weighted by Gasteiger charge is -2.10. The number of thiophene rings is 1. The molecule has 4 heteroatoms. The maximum atomic E-state index is 9.17. The van der Waals surface area contributed by atoms with E-state index in [1.165, 1.54) is 10.4 Å². The van der Waals surface area contributed by atoms with Crippen molar-refractivity contribution in [2.45, 2.75) is 27.3 Å². The Morgan fingerprint density at radius 1 is 1.33 bits per heavy atom. The van der Waals surface area contributed by atoms with Crippen molar-refractivity contribution in [3.05, 3.63) is 44.8 Å². The van der Waals surface area contributed by atoms with Gasteiger partial charge < -0.3 is 5.32 Å². The summed E-state index contributed by atoms with van der Waals surface area (Å²) >= 11 is 1.72. The van der Waals surface area contributed by atoms with Crippen LogP contribution in [0.2, 0.25) is 0 Å². The summed E-state index contributed by atoms with van der Waals surface area (Å²) in [5, 5.41) is 14.5. The van der Waals surface area contributed by atoms with Crippen molar-refractivity contribution >= 4 is 17.2 Å². The zero-order valence-electron chi connectivity index (χ0n) is 10.7. The average Bonchev–Trinajstić information content (AvgIpc) is 2.71. The van der Waals surface area contributed by atoms with Gasteiger partial charge in [0.15, 0.2) is 0 Å². The molecule has 3 nitrogen and oxygen atoms in total. The molecule has 0 atom stereocenters. The topological polar surface area (TPSA) is 48.7 Å². The van der Waals surface area contributed by atoms with Gasteiger partial charge in [0.2, 0.25) is 0 Å². The fourth-order valence-corrected chi connectivity index (χ4v) is 2.70. The molecule has 2 aromatic rings. The standard InChI is InChI=1S/C14H15N3S/c1-9-4-5-18-13(9)8-16-14-12(7-15)10(2)6-11(3)17-14/h4-6H,8H2,1-3H3,(H,16,17). The van der Waals surface area contributed by atoms with Crippen LogP contribution in [0.25, 0.3) is 0 Å². The highest BCUT2D eigenvalue weighted by molar-refractivity contribution is 7.10. The van der Waals surface area contributed by atoms with Crippen LogP contribution in [0.1, 0.15) is 27.3 Å². The van der Waals surface area contributed by atoms with E-state index in [1.807, 2.05) is 19.9 Å². The second kappa shape index (κ2) is 5.19. The number of nitrogens with one attached hydrogen (secondary N) is 1. The molecule has 0 amide bonds.